The Morgan fingerprint density at radius 1 is 0.486 bits per heavy atom. The van der Waals surface area contributed by atoms with Crippen molar-refractivity contribution in [3.8, 4) is 0 Å². The molecule has 0 spiro atoms. The van der Waals surface area contributed by atoms with E-state index in [2.05, 4.69) is 19.1 Å². The highest BCUT2D eigenvalue weighted by atomic mass is 16.4. The minimum Gasteiger partial charge on any atom is -0.481 e. The van der Waals surface area contributed by atoms with Crippen LogP contribution in [0, 0.1) is 0 Å². The zero-order valence-electron chi connectivity index (χ0n) is 23.6. The Balaban J connectivity index is 4.66. The Bertz CT molecular complexity index is 564. The molecule has 0 rings (SSSR count). The summed E-state index contributed by atoms with van der Waals surface area (Å²) < 4.78 is 0.848. The minimum absolute atomic E-state index is 0.168. The third-order valence-corrected chi connectivity index (χ3v) is 7.21. The first-order chi connectivity index (χ1) is 17.8. The molecule has 0 amide bonds. The van der Waals surface area contributed by atoms with E-state index in [1.165, 1.54) is 44.9 Å². The third-order valence-electron chi connectivity index (χ3n) is 7.21. The predicted molar refractivity (Wildman–Crippen MR) is 150 cm³/mol. The average Bonchev–Trinajstić information content (AvgIpc) is 2.84. The number of aliphatic carboxylic acids is 3. The summed E-state index contributed by atoms with van der Waals surface area (Å²) in [6.45, 7) is 5.86. The van der Waals surface area contributed by atoms with Gasteiger partial charge in [0, 0.05) is 19.3 Å². The summed E-state index contributed by atoms with van der Waals surface area (Å²) in [5, 5.41) is 27.0. The largest absolute Gasteiger partial charge is 0.481 e. The van der Waals surface area contributed by atoms with Crippen molar-refractivity contribution in [2.75, 3.05) is 26.2 Å². The molecule has 0 heterocycles. The smallest absolute Gasteiger partial charge is 0.303 e. The molecule has 0 saturated carbocycles. The summed E-state index contributed by atoms with van der Waals surface area (Å²) in [7, 11) is 0. The van der Waals surface area contributed by atoms with Crippen molar-refractivity contribution < 1.29 is 34.2 Å². The maximum atomic E-state index is 11.0. The molecule has 216 valence electrons. The summed E-state index contributed by atoms with van der Waals surface area (Å²) in [6.07, 6.45) is 23.2. The van der Waals surface area contributed by atoms with Crippen molar-refractivity contribution in [3.63, 3.8) is 0 Å². The van der Waals surface area contributed by atoms with Crippen molar-refractivity contribution in [2.24, 2.45) is 0 Å². The first kappa shape index (κ1) is 35.1. The number of allylic oxidation sites excluding steroid dienone is 2. The van der Waals surface area contributed by atoms with Gasteiger partial charge in [-0.1, -0.05) is 57.6 Å². The summed E-state index contributed by atoms with van der Waals surface area (Å²) in [4.78, 5) is 32.9. The van der Waals surface area contributed by atoms with Gasteiger partial charge in [0.1, 0.15) is 0 Å². The van der Waals surface area contributed by atoms with E-state index in [-0.39, 0.29) is 19.3 Å². The number of carbonyl (C=O) groups is 3. The fourth-order valence-corrected chi connectivity index (χ4v) is 5.01. The van der Waals surface area contributed by atoms with Crippen molar-refractivity contribution in [3.05, 3.63) is 12.2 Å². The topological polar surface area (TPSA) is 112 Å². The molecule has 37 heavy (non-hydrogen) atoms. The van der Waals surface area contributed by atoms with Crippen molar-refractivity contribution in [1.29, 1.82) is 0 Å². The van der Waals surface area contributed by atoms with Gasteiger partial charge in [-0.15, -0.1) is 0 Å². The minimum atomic E-state index is -0.774. The van der Waals surface area contributed by atoms with Crippen LogP contribution in [0.3, 0.4) is 0 Å². The fraction of sp³-hybridized carbons (Fsp3) is 0.833. The van der Waals surface area contributed by atoms with E-state index in [9.17, 15) is 14.4 Å². The number of rotatable bonds is 28. The van der Waals surface area contributed by atoms with Crippen LogP contribution in [-0.2, 0) is 14.4 Å². The molecule has 0 atom stereocenters. The summed E-state index contributed by atoms with van der Waals surface area (Å²) in [5.74, 6) is -2.32. The lowest BCUT2D eigenvalue weighted by molar-refractivity contribution is -0.929. The van der Waals surface area contributed by atoms with Crippen LogP contribution in [0.5, 0.6) is 0 Å². The molecule has 0 aromatic carbocycles. The quantitative estimate of drug-likeness (QED) is 0.0555. The summed E-state index contributed by atoms with van der Waals surface area (Å²) in [6, 6.07) is 0. The second-order valence-electron chi connectivity index (χ2n) is 10.7. The molecule has 3 N–H and O–H groups in total. The predicted octanol–water partition coefficient (Wildman–Crippen LogP) is 7.44. The van der Waals surface area contributed by atoms with E-state index in [1.54, 1.807) is 0 Å². The van der Waals surface area contributed by atoms with Crippen LogP contribution < -0.4 is 0 Å². The van der Waals surface area contributed by atoms with Gasteiger partial charge in [-0.25, -0.2) is 0 Å². The van der Waals surface area contributed by atoms with Crippen LogP contribution in [0.15, 0.2) is 12.2 Å². The number of hydrogen-bond acceptors (Lipinski definition) is 3. The van der Waals surface area contributed by atoms with Gasteiger partial charge in [-0.3, -0.25) is 14.4 Å². The van der Waals surface area contributed by atoms with Gasteiger partial charge in [0.15, 0.2) is 0 Å². The first-order valence-corrected chi connectivity index (χ1v) is 15.0. The average molecular weight is 527 g/mol. The van der Waals surface area contributed by atoms with E-state index in [4.69, 9.17) is 15.3 Å². The molecular formula is C30H56NO6+. The lowest BCUT2D eigenvalue weighted by atomic mass is 10.1. The molecule has 0 aromatic heterocycles. The monoisotopic (exact) mass is 526 g/mol. The molecule has 0 aliphatic heterocycles. The van der Waals surface area contributed by atoms with Gasteiger partial charge in [-0.2, -0.15) is 0 Å². The highest BCUT2D eigenvalue weighted by Gasteiger charge is 2.26. The van der Waals surface area contributed by atoms with Crippen molar-refractivity contribution >= 4 is 17.9 Å². The fourth-order valence-electron chi connectivity index (χ4n) is 5.01. The Morgan fingerprint density at radius 2 is 0.811 bits per heavy atom. The molecule has 0 aliphatic rings. The van der Waals surface area contributed by atoms with Gasteiger partial charge in [0.2, 0.25) is 0 Å². The van der Waals surface area contributed by atoms with E-state index in [0.717, 1.165) is 75.6 Å². The van der Waals surface area contributed by atoms with E-state index in [0.29, 0.717) is 19.3 Å². The van der Waals surface area contributed by atoms with E-state index >= 15 is 0 Å². The first-order valence-electron chi connectivity index (χ1n) is 15.0. The van der Waals surface area contributed by atoms with Crippen LogP contribution in [0.2, 0.25) is 0 Å². The van der Waals surface area contributed by atoms with Crippen LogP contribution >= 0.6 is 0 Å². The van der Waals surface area contributed by atoms with Crippen LogP contribution in [0.4, 0.5) is 0 Å². The molecule has 0 unspecified atom stereocenters. The Kier molecular flexibility index (Phi) is 23.2. The highest BCUT2D eigenvalue weighted by Crippen LogP contribution is 2.19. The number of carboxylic acid groups (broad SMARTS) is 3. The number of unbranched alkanes of at least 4 members (excludes halogenated alkanes) is 12. The molecule has 0 fully saturated rings. The highest BCUT2D eigenvalue weighted by molar-refractivity contribution is 5.67. The zero-order chi connectivity index (χ0) is 27.6. The van der Waals surface area contributed by atoms with Crippen LogP contribution in [0.25, 0.3) is 0 Å². The maximum Gasteiger partial charge on any atom is 0.303 e. The van der Waals surface area contributed by atoms with Gasteiger partial charge in [0.05, 0.1) is 26.2 Å². The van der Waals surface area contributed by atoms with Crippen LogP contribution in [-0.4, -0.2) is 63.9 Å². The summed E-state index contributed by atoms with van der Waals surface area (Å²) >= 11 is 0. The maximum absolute atomic E-state index is 11.0. The standard InChI is InChI=1S/C30H55NO6/c1-2-3-4-5-6-7-8-9-10-11-12-13-17-24-31(25-18-14-21-28(32)33,26-19-15-22-29(34)35)27-20-16-23-30(36)37/h10-11H,2-9,12-27H2,1H3,(H2-,32,33,34,35,36,37)/p+1/b11-10+. The third kappa shape index (κ3) is 24.2. The SMILES string of the molecule is CCCCCCCCC/C=C/CCCC[N+](CCCCC(=O)O)(CCCCC(=O)O)CCCCC(=O)O. The molecule has 7 nitrogen and oxygen atoms in total. The Labute approximate surface area is 225 Å². The second kappa shape index (κ2) is 24.4. The molecule has 0 aromatic rings. The van der Waals surface area contributed by atoms with Crippen LogP contribution in [0.1, 0.15) is 135 Å². The van der Waals surface area contributed by atoms with E-state index < -0.39 is 17.9 Å². The molecule has 0 saturated heterocycles. The number of nitrogens with zero attached hydrogens (tertiary/aromatic N) is 1. The molecule has 7 heteroatoms. The van der Waals surface area contributed by atoms with Crippen molar-refractivity contribution in [1.82, 2.24) is 0 Å². The molecule has 0 radical (unpaired) electrons. The molecular weight excluding hydrogens is 470 g/mol. The molecule has 0 bridgehead atoms. The number of quaternary nitrogens is 1. The van der Waals surface area contributed by atoms with Gasteiger partial charge < -0.3 is 19.8 Å². The zero-order valence-corrected chi connectivity index (χ0v) is 23.6. The van der Waals surface area contributed by atoms with Gasteiger partial charge in [0.25, 0.3) is 0 Å². The number of hydrogen-bond donors (Lipinski definition) is 3. The lowest BCUT2D eigenvalue weighted by Crippen LogP contribution is -2.51. The summed E-state index contributed by atoms with van der Waals surface area (Å²) in [5.41, 5.74) is 0. The lowest BCUT2D eigenvalue weighted by Gasteiger charge is -2.39. The number of carboxylic acids is 3. The second-order valence-corrected chi connectivity index (χ2v) is 10.7. The van der Waals surface area contributed by atoms with Gasteiger partial charge in [-0.05, 0) is 70.6 Å². The van der Waals surface area contributed by atoms with Crippen molar-refractivity contribution in [2.45, 2.75) is 135 Å². The normalized spacial score (nSPS) is 11.8. The molecule has 0 aliphatic carbocycles. The Hall–Kier alpha value is -1.89. The van der Waals surface area contributed by atoms with Gasteiger partial charge >= 0.3 is 17.9 Å². The van der Waals surface area contributed by atoms with E-state index in [1.807, 2.05) is 0 Å². The Morgan fingerprint density at radius 3 is 1.19 bits per heavy atom.